The van der Waals surface area contributed by atoms with Gasteiger partial charge in [-0.3, -0.25) is 0 Å². The molecule has 0 radical (unpaired) electrons. The number of benzene rings is 1. The van der Waals surface area contributed by atoms with E-state index in [0.29, 0.717) is 6.04 Å². The van der Waals surface area contributed by atoms with Crippen LogP contribution in [0.15, 0.2) is 18.2 Å². The lowest BCUT2D eigenvalue weighted by molar-refractivity contribution is 0.666. The molecule has 0 unspecified atom stereocenters. The van der Waals surface area contributed by atoms with Crippen LogP contribution in [0.5, 0.6) is 0 Å². The van der Waals surface area contributed by atoms with Crippen molar-refractivity contribution < 1.29 is 0 Å². The van der Waals surface area contributed by atoms with Crippen LogP contribution in [0.25, 0.3) is 0 Å². The summed E-state index contributed by atoms with van der Waals surface area (Å²) in [6.45, 7) is 2.11. The highest BCUT2D eigenvalue weighted by Crippen LogP contribution is 2.23. The quantitative estimate of drug-likeness (QED) is 0.756. The number of aryl methyl sites for hydroxylation is 1. The van der Waals surface area contributed by atoms with Crippen molar-refractivity contribution in [3.63, 3.8) is 0 Å². The molecular weight excluding hydrogens is 204 g/mol. The van der Waals surface area contributed by atoms with Crippen molar-refractivity contribution in [3.05, 3.63) is 23.8 Å². The summed E-state index contributed by atoms with van der Waals surface area (Å²) in [6.07, 6.45) is 2.54. The van der Waals surface area contributed by atoms with Crippen LogP contribution in [0.4, 0.5) is 11.4 Å². The van der Waals surface area contributed by atoms with Gasteiger partial charge in [0.25, 0.3) is 0 Å². The van der Waals surface area contributed by atoms with E-state index >= 15 is 0 Å². The molecule has 3 N–H and O–H groups in total. The molecule has 15 heavy (non-hydrogen) atoms. The second kappa shape index (κ2) is 4.79. The van der Waals surface area contributed by atoms with E-state index in [9.17, 15) is 0 Å². The van der Waals surface area contributed by atoms with Gasteiger partial charge in [0.15, 0.2) is 0 Å². The average Bonchev–Trinajstić information content (AvgIpc) is 2.24. The van der Waals surface area contributed by atoms with Gasteiger partial charge in [-0.15, -0.1) is 0 Å². The second-order valence-corrected chi connectivity index (χ2v) is 5.33. The zero-order valence-electron chi connectivity index (χ0n) is 9.12. The van der Waals surface area contributed by atoms with Crippen molar-refractivity contribution in [1.29, 1.82) is 0 Å². The van der Waals surface area contributed by atoms with E-state index in [2.05, 4.69) is 30.1 Å². The Morgan fingerprint density at radius 2 is 2.07 bits per heavy atom. The number of anilines is 2. The lowest BCUT2D eigenvalue weighted by Crippen LogP contribution is -2.24. The first-order valence-corrected chi connectivity index (χ1v) is 6.61. The first-order valence-electron chi connectivity index (χ1n) is 5.46. The summed E-state index contributed by atoms with van der Waals surface area (Å²) < 4.78 is 0. The van der Waals surface area contributed by atoms with Crippen LogP contribution in [-0.4, -0.2) is 17.5 Å². The van der Waals surface area contributed by atoms with Crippen LogP contribution < -0.4 is 11.1 Å². The summed E-state index contributed by atoms with van der Waals surface area (Å²) in [4.78, 5) is 0. The van der Waals surface area contributed by atoms with Gasteiger partial charge in [-0.25, -0.2) is 0 Å². The van der Waals surface area contributed by atoms with Crippen LogP contribution >= 0.6 is 11.8 Å². The summed E-state index contributed by atoms with van der Waals surface area (Å²) >= 11 is 2.06. The molecule has 1 heterocycles. The van der Waals surface area contributed by atoms with Gasteiger partial charge in [0.05, 0.1) is 0 Å². The lowest BCUT2D eigenvalue weighted by atomic mass is 10.1. The standard InChI is InChI=1S/C12H18N2S/c1-9-8-10(13)2-3-12(9)14-11-4-6-15-7-5-11/h2-3,8,11,14H,4-7,13H2,1H3. The fourth-order valence-electron chi connectivity index (χ4n) is 1.91. The molecule has 1 saturated heterocycles. The molecule has 3 heteroatoms. The molecule has 0 bridgehead atoms. The molecule has 1 aromatic carbocycles. The van der Waals surface area contributed by atoms with Crippen molar-refractivity contribution in [2.45, 2.75) is 25.8 Å². The minimum atomic E-state index is 0.647. The predicted octanol–water partition coefficient (Wildman–Crippen LogP) is 2.88. The number of hydrogen-bond acceptors (Lipinski definition) is 3. The maximum atomic E-state index is 5.73. The zero-order valence-corrected chi connectivity index (χ0v) is 9.94. The SMILES string of the molecule is Cc1cc(N)ccc1NC1CCSCC1. The van der Waals surface area contributed by atoms with Gasteiger partial charge in [-0.2, -0.15) is 11.8 Å². The Labute approximate surface area is 95.6 Å². The van der Waals surface area contributed by atoms with Crippen LogP contribution in [0, 0.1) is 6.92 Å². The molecule has 0 spiro atoms. The minimum absolute atomic E-state index is 0.647. The van der Waals surface area contributed by atoms with Crippen molar-refractivity contribution >= 4 is 23.1 Å². The molecule has 1 aliphatic heterocycles. The Kier molecular flexibility index (Phi) is 3.41. The molecule has 2 nitrogen and oxygen atoms in total. The normalized spacial score (nSPS) is 17.7. The number of nitrogen functional groups attached to an aromatic ring is 1. The maximum Gasteiger partial charge on any atom is 0.0373 e. The molecule has 0 aliphatic carbocycles. The van der Waals surface area contributed by atoms with Crippen molar-refractivity contribution in [2.24, 2.45) is 0 Å². The van der Waals surface area contributed by atoms with Gasteiger partial charge < -0.3 is 11.1 Å². The number of rotatable bonds is 2. The summed E-state index contributed by atoms with van der Waals surface area (Å²) in [5.74, 6) is 2.57. The molecule has 0 atom stereocenters. The molecule has 2 rings (SSSR count). The number of hydrogen-bond donors (Lipinski definition) is 2. The minimum Gasteiger partial charge on any atom is -0.399 e. The largest absolute Gasteiger partial charge is 0.399 e. The molecular formula is C12H18N2S. The first kappa shape index (κ1) is 10.7. The molecule has 1 fully saturated rings. The first-order chi connectivity index (χ1) is 7.25. The Balaban J connectivity index is 2.03. The third-order valence-corrected chi connectivity index (χ3v) is 3.88. The summed E-state index contributed by atoms with van der Waals surface area (Å²) in [6, 6.07) is 6.73. The Morgan fingerprint density at radius 3 is 2.73 bits per heavy atom. The van der Waals surface area contributed by atoms with E-state index in [-0.39, 0.29) is 0 Å². The van der Waals surface area contributed by atoms with Crippen LogP contribution in [-0.2, 0) is 0 Å². The van der Waals surface area contributed by atoms with E-state index < -0.39 is 0 Å². The predicted molar refractivity (Wildman–Crippen MR) is 69.6 cm³/mol. The molecule has 0 saturated carbocycles. The maximum absolute atomic E-state index is 5.73. The third kappa shape index (κ3) is 2.81. The Morgan fingerprint density at radius 1 is 1.33 bits per heavy atom. The van der Waals surface area contributed by atoms with Gasteiger partial charge in [0.2, 0.25) is 0 Å². The monoisotopic (exact) mass is 222 g/mol. The summed E-state index contributed by atoms with van der Waals surface area (Å²) in [7, 11) is 0. The van der Waals surface area contributed by atoms with Gasteiger partial charge in [0.1, 0.15) is 0 Å². The Hall–Kier alpha value is -0.830. The van der Waals surface area contributed by atoms with E-state index in [1.54, 1.807) is 0 Å². The van der Waals surface area contributed by atoms with E-state index in [1.165, 1.54) is 35.6 Å². The van der Waals surface area contributed by atoms with E-state index in [4.69, 9.17) is 5.73 Å². The lowest BCUT2D eigenvalue weighted by Gasteiger charge is -2.24. The van der Waals surface area contributed by atoms with Crippen LogP contribution in [0.2, 0.25) is 0 Å². The molecule has 1 aliphatic rings. The van der Waals surface area contributed by atoms with Gasteiger partial charge in [0, 0.05) is 17.4 Å². The smallest absolute Gasteiger partial charge is 0.0373 e. The molecule has 82 valence electrons. The van der Waals surface area contributed by atoms with Crippen molar-refractivity contribution in [1.82, 2.24) is 0 Å². The topological polar surface area (TPSA) is 38.0 Å². The Bertz CT molecular complexity index is 332. The van der Waals surface area contributed by atoms with Gasteiger partial charge in [-0.1, -0.05) is 0 Å². The number of thioether (sulfide) groups is 1. The number of nitrogens with two attached hydrogens (primary N) is 1. The van der Waals surface area contributed by atoms with Crippen LogP contribution in [0.1, 0.15) is 18.4 Å². The van der Waals surface area contributed by atoms with Crippen LogP contribution in [0.3, 0.4) is 0 Å². The third-order valence-electron chi connectivity index (χ3n) is 2.83. The van der Waals surface area contributed by atoms with Crippen molar-refractivity contribution in [2.75, 3.05) is 22.6 Å². The molecule has 0 aromatic heterocycles. The molecule has 0 amide bonds. The van der Waals surface area contributed by atoms with Crippen molar-refractivity contribution in [3.8, 4) is 0 Å². The van der Waals surface area contributed by atoms with Gasteiger partial charge in [-0.05, 0) is 55.0 Å². The van der Waals surface area contributed by atoms with E-state index in [0.717, 1.165) is 5.69 Å². The average molecular weight is 222 g/mol. The zero-order chi connectivity index (χ0) is 10.7. The highest BCUT2D eigenvalue weighted by atomic mass is 32.2. The highest BCUT2D eigenvalue weighted by molar-refractivity contribution is 7.99. The van der Waals surface area contributed by atoms with Gasteiger partial charge >= 0.3 is 0 Å². The molecule has 1 aromatic rings. The highest BCUT2D eigenvalue weighted by Gasteiger charge is 2.13. The fourth-order valence-corrected chi connectivity index (χ4v) is 3.02. The number of nitrogens with one attached hydrogen (secondary N) is 1. The second-order valence-electron chi connectivity index (χ2n) is 4.11. The van der Waals surface area contributed by atoms with E-state index in [1.807, 2.05) is 12.1 Å². The fraction of sp³-hybridized carbons (Fsp3) is 0.500. The summed E-state index contributed by atoms with van der Waals surface area (Å²) in [5, 5.41) is 3.61. The summed E-state index contributed by atoms with van der Waals surface area (Å²) in [5.41, 5.74) is 9.06.